The number of Topliss-reactive ketones (excluding diaryl/α,β-unsaturated/α-hetero) is 2. The molecule has 0 radical (unpaired) electrons. The molecular formula is C15H14O2. The maximum atomic E-state index is 11.7. The fourth-order valence-electron chi connectivity index (χ4n) is 1.87. The van der Waals surface area contributed by atoms with Crippen molar-refractivity contribution in [1.82, 2.24) is 0 Å². The summed E-state index contributed by atoms with van der Waals surface area (Å²) in [4.78, 5) is 22.7. The molecule has 86 valence electrons. The molecule has 0 saturated carbocycles. The maximum Gasteiger partial charge on any atom is 0.170 e. The summed E-state index contributed by atoms with van der Waals surface area (Å²) < 4.78 is 0. The molecule has 0 aromatic heterocycles. The molecule has 17 heavy (non-hydrogen) atoms. The Morgan fingerprint density at radius 3 is 2.35 bits per heavy atom. The summed E-state index contributed by atoms with van der Waals surface area (Å²) in [6.07, 6.45) is -0.0165. The molecule has 0 aliphatic heterocycles. The van der Waals surface area contributed by atoms with Gasteiger partial charge < -0.3 is 0 Å². The van der Waals surface area contributed by atoms with Crippen molar-refractivity contribution in [2.45, 2.75) is 20.3 Å². The molecule has 0 aliphatic rings. The quantitative estimate of drug-likeness (QED) is 0.594. The molecule has 2 aromatic rings. The molecule has 2 aromatic carbocycles. The van der Waals surface area contributed by atoms with Crippen LogP contribution in [0.5, 0.6) is 0 Å². The van der Waals surface area contributed by atoms with Gasteiger partial charge in [0.1, 0.15) is 5.78 Å². The molecule has 2 nitrogen and oxygen atoms in total. The Morgan fingerprint density at radius 2 is 1.65 bits per heavy atom. The van der Waals surface area contributed by atoms with E-state index >= 15 is 0 Å². The number of aryl methyl sites for hydroxylation is 1. The van der Waals surface area contributed by atoms with Gasteiger partial charge in [-0.3, -0.25) is 9.59 Å². The molecule has 2 rings (SSSR count). The second kappa shape index (κ2) is 4.50. The van der Waals surface area contributed by atoms with E-state index in [0.29, 0.717) is 5.56 Å². The van der Waals surface area contributed by atoms with Crippen molar-refractivity contribution < 1.29 is 9.59 Å². The maximum absolute atomic E-state index is 11.7. The third-order valence-corrected chi connectivity index (χ3v) is 2.73. The van der Waals surface area contributed by atoms with Crippen molar-refractivity contribution in [1.29, 1.82) is 0 Å². The molecule has 2 heteroatoms. The summed E-state index contributed by atoms with van der Waals surface area (Å²) >= 11 is 0. The zero-order chi connectivity index (χ0) is 12.4. The van der Waals surface area contributed by atoms with E-state index in [0.717, 1.165) is 10.8 Å². The number of carbonyl (C=O) groups is 2. The molecule has 0 heterocycles. The molecule has 0 fully saturated rings. The summed E-state index contributed by atoms with van der Waals surface area (Å²) in [5.41, 5.74) is 1.80. The normalized spacial score (nSPS) is 10.5. The van der Waals surface area contributed by atoms with Gasteiger partial charge in [-0.2, -0.15) is 0 Å². The fraction of sp³-hybridized carbons (Fsp3) is 0.200. The molecule has 0 aliphatic carbocycles. The van der Waals surface area contributed by atoms with Crippen molar-refractivity contribution >= 4 is 22.3 Å². The average Bonchev–Trinajstić information content (AvgIpc) is 2.27. The van der Waals surface area contributed by atoms with Crippen LogP contribution < -0.4 is 0 Å². The molecule has 0 atom stereocenters. The summed E-state index contributed by atoms with van der Waals surface area (Å²) in [6.45, 7) is 3.47. The Labute approximate surface area is 100 Å². The molecule has 0 spiro atoms. The lowest BCUT2D eigenvalue weighted by Gasteiger charge is -2.03. The summed E-state index contributed by atoms with van der Waals surface area (Å²) in [5.74, 6) is -0.209. The molecule has 0 unspecified atom stereocenters. The van der Waals surface area contributed by atoms with Gasteiger partial charge in [-0.15, -0.1) is 0 Å². The Kier molecular flexibility index (Phi) is 3.05. The van der Waals surface area contributed by atoms with Crippen LogP contribution in [0, 0.1) is 6.92 Å². The van der Waals surface area contributed by atoms with Crippen LogP contribution in [0.2, 0.25) is 0 Å². The lowest BCUT2D eigenvalue weighted by Crippen LogP contribution is -2.04. The zero-order valence-corrected chi connectivity index (χ0v) is 9.99. The first-order valence-corrected chi connectivity index (χ1v) is 5.59. The third-order valence-electron chi connectivity index (χ3n) is 2.73. The third kappa shape index (κ3) is 2.59. The van der Waals surface area contributed by atoms with Crippen molar-refractivity contribution in [2.75, 3.05) is 0 Å². The van der Waals surface area contributed by atoms with E-state index in [1.807, 2.05) is 31.2 Å². The molecular weight excluding hydrogens is 212 g/mol. The highest BCUT2D eigenvalue weighted by atomic mass is 16.1. The second-order valence-electron chi connectivity index (χ2n) is 4.37. The number of hydrogen-bond acceptors (Lipinski definition) is 2. The lowest BCUT2D eigenvalue weighted by atomic mass is 10.0. The van der Waals surface area contributed by atoms with E-state index in [1.54, 1.807) is 6.07 Å². The van der Waals surface area contributed by atoms with E-state index in [2.05, 4.69) is 6.07 Å². The molecule has 0 N–H and O–H groups in total. The van der Waals surface area contributed by atoms with Crippen LogP contribution in [0.25, 0.3) is 10.8 Å². The highest BCUT2D eigenvalue weighted by molar-refractivity contribution is 6.08. The lowest BCUT2D eigenvalue weighted by molar-refractivity contribution is -0.116. The first-order chi connectivity index (χ1) is 8.06. The van der Waals surface area contributed by atoms with Crippen molar-refractivity contribution in [2.24, 2.45) is 0 Å². The molecule has 0 amide bonds. The van der Waals surface area contributed by atoms with Crippen LogP contribution in [-0.2, 0) is 4.79 Å². The topological polar surface area (TPSA) is 34.1 Å². The van der Waals surface area contributed by atoms with Gasteiger partial charge in [-0.05, 0) is 30.7 Å². The number of rotatable bonds is 3. The number of benzene rings is 2. The van der Waals surface area contributed by atoms with Gasteiger partial charge in [0.2, 0.25) is 0 Å². The van der Waals surface area contributed by atoms with Gasteiger partial charge in [-0.1, -0.05) is 35.9 Å². The minimum absolute atomic E-state index is 0.0165. The first-order valence-electron chi connectivity index (χ1n) is 5.59. The number of hydrogen-bond donors (Lipinski definition) is 0. The fourth-order valence-corrected chi connectivity index (χ4v) is 1.87. The predicted molar refractivity (Wildman–Crippen MR) is 68.3 cm³/mol. The zero-order valence-electron chi connectivity index (χ0n) is 9.99. The number of ketones is 2. The van der Waals surface area contributed by atoms with Crippen LogP contribution in [-0.4, -0.2) is 11.6 Å². The first kappa shape index (κ1) is 11.5. The van der Waals surface area contributed by atoms with Gasteiger partial charge in [0.15, 0.2) is 5.78 Å². The summed E-state index contributed by atoms with van der Waals surface area (Å²) in [5, 5.41) is 2.15. The Bertz CT molecular complexity index is 597. The van der Waals surface area contributed by atoms with Gasteiger partial charge in [0.05, 0.1) is 6.42 Å². The predicted octanol–water partition coefficient (Wildman–Crippen LogP) is 3.31. The van der Waals surface area contributed by atoms with Gasteiger partial charge in [0.25, 0.3) is 0 Å². The van der Waals surface area contributed by atoms with Gasteiger partial charge >= 0.3 is 0 Å². The van der Waals surface area contributed by atoms with Crippen LogP contribution in [0.15, 0.2) is 36.4 Å². The smallest absolute Gasteiger partial charge is 0.170 e. The largest absolute Gasteiger partial charge is 0.300 e. The Hall–Kier alpha value is -1.96. The van der Waals surface area contributed by atoms with E-state index in [4.69, 9.17) is 0 Å². The van der Waals surface area contributed by atoms with Crippen LogP contribution >= 0.6 is 0 Å². The van der Waals surface area contributed by atoms with Crippen LogP contribution in [0.1, 0.15) is 29.3 Å². The van der Waals surface area contributed by atoms with Crippen molar-refractivity contribution in [3.63, 3.8) is 0 Å². The van der Waals surface area contributed by atoms with Gasteiger partial charge in [-0.25, -0.2) is 0 Å². The van der Waals surface area contributed by atoms with E-state index in [9.17, 15) is 9.59 Å². The van der Waals surface area contributed by atoms with Crippen LogP contribution in [0.3, 0.4) is 0 Å². The second-order valence-corrected chi connectivity index (χ2v) is 4.37. The molecule has 0 saturated heterocycles. The summed E-state index contributed by atoms with van der Waals surface area (Å²) in [7, 11) is 0. The minimum Gasteiger partial charge on any atom is -0.300 e. The average molecular weight is 226 g/mol. The minimum atomic E-state index is -0.111. The monoisotopic (exact) mass is 226 g/mol. The summed E-state index contributed by atoms with van der Waals surface area (Å²) in [6, 6.07) is 11.6. The molecule has 0 bridgehead atoms. The van der Waals surface area contributed by atoms with Crippen molar-refractivity contribution in [3.05, 3.63) is 47.5 Å². The van der Waals surface area contributed by atoms with Crippen LogP contribution in [0.4, 0.5) is 0 Å². The van der Waals surface area contributed by atoms with E-state index in [1.165, 1.54) is 12.5 Å². The highest BCUT2D eigenvalue weighted by Crippen LogP contribution is 2.18. The highest BCUT2D eigenvalue weighted by Gasteiger charge is 2.08. The Morgan fingerprint density at radius 1 is 1.00 bits per heavy atom. The standard InChI is InChI=1S/C15H14O2/c1-10-3-4-13-9-14(6-5-12(13)7-10)15(17)8-11(2)16/h3-7,9H,8H2,1-2H3. The SMILES string of the molecule is CC(=O)CC(=O)c1ccc2cc(C)ccc2c1. The van der Waals surface area contributed by atoms with E-state index < -0.39 is 0 Å². The number of carbonyl (C=O) groups excluding carboxylic acids is 2. The van der Waals surface area contributed by atoms with Crippen molar-refractivity contribution in [3.8, 4) is 0 Å². The van der Waals surface area contributed by atoms with Gasteiger partial charge in [0, 0.05) is 5.56 Å². The van der Waals surface area contributed by atoms with E-state index in [-0.39, 0.29) is 18.0 Å². The Balaban J connectivity index is 2.41. The number of fused-ring (bicyclic) bond motifs is 1.